The van der Waals surface area contributed by atoms with E-state index in [0.29, 0.717) is 12.1 Å². The molecule has 0 aromatic heterocycles. The highest BCUT2D eigenvalue weighted by atomic mass is 16.4. The second-order valence-corrected chi connectivity index (χ2v) is 2.22. The minimum absolute atomic E-state index is 0. The van der Waals surface area contributed by atoms with E-state index in [0.717, 1.165) is 0 Å². The fourth-order valence-corrected chi connectivity index (χ4v) is 0.494. The maximum atomic E-state index is 10.1. The number of hydrogen-bond donors (Lipinski definition) is 3. The van der Waals surface area contributed by atoms with Crippen molar-refractivity contribution in [3.63, 3.8) is 0 Å². The Morgan fingerprint density at radius 3 is 2.58 bits per heavy atom. The zero-order valence-corrected chi connectivity index (χ0v) is 6.70. The zero-order chi connectivity index (χ0) is 9.56. The first-order chi connectivity index (χ1) is 5.52. The normalized spacial score (nSPS) is 10.9. The van der Waals surface area contributed by atoms with Crippen LogP contribution in [0.15, 0.2) is 5.10 Å². The van der Waals surface area contributed by atoms with Crippen molar-refractivity contribution in [2.24, 2.45) is 10.8 Å². The summed E-state index contributed by atoms with van der Waals surface area (Å²) in [6, 6.07) is -0.760. The number of nitrogens with zero attached hydrogens (tertiary/aromatic N) is 1. The van der Waals surface area contributed by atoms with Crippen molar-refractivity contribution in [2.45, 2.75) is 19.8 Å². The monoisotopic (exact) mass is 175 g/mol. The SMILES string of the molecule is C/C(CCC(=O)O)=N\NC(N)=O.[HH]. The average Bonchev–Trinajstić information content (AvgIpc) is 1.96. The molecule has 6 nitrogen and oxygen atoms in total. The molecule has 0 aliphatic carbocycles. The third-order valence-corrected chi connectivity index (χ3v) is 1.06. The van der Waals surface area contributed by atoms with E-state index < -0.39 is 12.0 Å². The van der Waals surface area contributed by atoms with E-state index >= 15 is 0 Å². The van der Waals surface area contributed by atoms with Gasteiger partial charge in [-0.3, -0.25) is 4.79 Å². The number of nitrogens with one attached hydrogen (secondary N) is 1. The molecule has 0 aromatic rings. The third-order valence-electron chi connectivity index (χ3n) is 1.06. The molecule has 0 radical (unpaired) electrons. The summed E-state index contributed by atoms with van der Waals surface area (Å²) < 4.78 is 0. The molecule has 0 aliphatic heterocycles. The second-order valence-electron chi connectivity index (χ2n) is 2.22. The lowest BCUT2D eigenvalue weighted by Crippen LogP contribution is -2.25. The van der Waals surface area contributed by atoms with Gasteiger partial charge >= 0.3 is 12.0 Å². The van der Waals surface area contributed by atoms with Gasteiger partial charge in [0.25, 0.3) is 0 Å². The summed E-state index contributed by atoms with van der Waals surface area (Å²) in [4.78, 5) is 20.2. The van der Waals surface area contributed by atoms with Crippen LogP contribution in [-0.4, -0.2) is 22.8 Å². The van der Waals surface area contributed by atoms with Crippen LogP contribution in [0.3, 0.4) is 0 Å². The minimum Gasteiger partial charge on any atom is -0.481 e. The van der Waals surface area contributed by atoms with Crippen LogP contribution in [-0.2, 0) is 4.79 Å². The number of rotatable bonds is 4. The average molecular weight is 175 g/mol. The predicted molar refractivity (Wildman–Crippen MR) is 44.8 cm³/mol. The van der Waals surface area contributed by atoms with Gasteiger partial charge in [-0.15, -0.1) is 0 Å². The van der Waals surface area contributed by atoms with Crippen LogP contribution < -0.4 is 11.2 Å². The lowest BCUT2D eigenvalue weighted by molar-refractivity contribution is -0.136. The van der Waals surface area contributed by atoms with E-state index in [2.05, 4.69) is 5.10 Å². The standard InChI is InChI=1S/C6H11N3O3.H2/c1-4(2-3-5(10)11)8-9-6(7)12;/h2-3H2,1H3,(H,10,11)(H3,7,9,12);1H/b8-4+;. The number of urea groups is 1. The highest BCUT2D eigenvalue weighted by Gasteiger charge is 1.98. The third kappa shape index (κ3) is 6.53. The van der Waals surface area contributed by atoms with E-state index in [9.17, 15) is 9.59 Å². The van der Waals surface area contributed by atoms with E-state index in [1.807, 2.05) is 5.43 Å². The molecule has 0 rings (SSSR count). The fourth-order valence-electron chi connectivity index (χ4n) is 0.494. The van der Waals surface area contributed by atoms with Gasteiger partial charge in [-0.05, 0) is 13.3 Å². The molecule has 70 valence electrons. The summed E-state index contributed by atoms with van der Waals surface area (Å²) >= 11 is 0. The summed E-state index contributed by atoms with van der Waals surface area (Å²) in [5.41, 5.74) is 7.25. The van der Waals surface area contributed by atoms with Crippen molar-refractivity contribution < 1.29 is 16.1 Å². The lowest BCUT2D eigenvalue weighted by Gasteiger charge is -1.96. The first-order valence-electron chi connectivity index (χ1n) is 3.32. The summed E-state index contributed by atoms with van der Waals surface area (Å²) in [6.45, 7) is 1.61. The molecular formula is C6H13N3O3. The summed E-state index contributed by atoms with van der Waals surface area (Å²) in [7, 11) is 0. The molecule has 0 atom stereocenters. The number of aliphatic carboxylic acids is 1. The highest BCUT2D eigenvalue weighted by molar-refractivity contribution is 5.86. The van der Waals surface area contributed by atoms with Crippen molar-refractivity contribution >= 4 is 17.7 Å². The fraction of sp³-hybridized carbons (Fsp3) is 0.500. The Bertz CT molecular complexity index is 217. The minimum atomic E-state index is -0.899. The number of primary amides is 1. The quantitative estimate of drug-likeness (QED) is 0.418. The largest absolute Gasteiger partial charge is 0.481 e. The molecule has 0 spiro atoms. The van der Waals surface area contributed by atoms with Crippen LogP contribution in [0.2, 0.25) is 0 Å². The Morgan fingerprint density at radius 1 is 1.58 bits per heavy atom. The van der Waals surface area contributed by atoms with Crippen molar-refractivity contribution in [3.05, 3.63) is 0 Å². The van der Waals surface area contributed by atoms with Gasteiger partial charge in [0.05, 0.1) is 6.42 Å². The van der Waals surface area contributed by atoms with E-state index in [-0.39, 0.29) is 7.85 Å². The van der Waals surface area contributed by atoms with Crippen LogP contribution >= 0.6 is 0 Å². The Kier molecular flexibility index (Phi) is 4.43. The van der Waals surface area contributed by atoms with Crippen LogP contribution in [0.1, 0.15) is 21.2 Å². The Hall–Kier alpha value is -1.59. The van der Waals surface area contributed by atoms with E-state index in [1.54, 1.807) is 6.92 Å². The number of carbonyl (C=O) groups excluding carboxylic acids is 1. The number of amides is 2. The van der Waals surface area contributed by atoms with Gasteiger partial charge in [0, 0.05) is 7.14 Å². The van der Waals surface area contributed by atoms with Crippen molar-refractivity contribution in [2.75, 3.05) is 0 Å². The zero-order valence-electron chi connectivity index (χ0n) is 6.70. The number of hydrogen-bond acceptors (Lipinski definition) is 3. The first kappa shape index (κ1) is 10.4. The first-order valence-corrected chi connectivity index (χ1v) is 3.32. The van der Waals surface area contributed by atoms with Gasteiger partial charge in [0.2, 0.25) is 0 Å². The van der Waals surface area contributed by atoms with Crippen LogP contribution in [0.5, 0.6) is 0 Å². The Balaban J connectivity index is 0. The molecule has 6 heteroatoms. The highest BCUT2D eigenvalue weighted by Crippen LogP contribution is 1.91. The molecular weight excluding hydrogens is 162 g/mol. The van der Waals surface area contributed by atoms with Gasteiger partial charge in [-0.2, -0.15) is 5.10 Å². The Labute approximate surface area is 70.9 Å². The molecule has 0 aliphatic rings. The number of carboxylic acid groups (broad SMARTS) is 1. The molecule has 0 fully saturated rings. The van der Waals surface area contributed by atoms with Crippen molar-refractivity contribution in [1.82, 2.24) is 5.43 Å². The topological polar surface area (TPSA) is 105 Å². The van der Waals surface area contributed by atoms with Crippen LogP contribution in [0, 0.1) is 0 Å². The van der Waals surface area contributed by atoms with Crippen LogP contribution in [0.4, 0.5) is 4.79 Å². The molecule has 0 aromatic carbocycles. The summed E-state index contributed by atoms with van der Waals surface area (Å²) in [5.74, 6) is -0.899. The number of nitrogens with two attached hydrogens (primary N) is 1. The van der Waals surface area contributed by atoms with E-state index in [1.165, 1.54) is 0 Å². The molecule has 0 unspecified atom stereocenters. The molecule has 0 heterocycles. The summed E-state index contributed by atoms with van der Waals surface area (Å²) in [5, 5.41) is 11.8. The molecule has 4 N–H and O–H groups in total. The number of carboxylic acids is 1. The number of hydrazone groups is 1. The van der Waals surface area contributed by atoms with E-state index in [4.69, 9.17) is 10.8 Å². The van der Waals surface area contributed by atoms with Gasteiger partial charge in [0.15, 0.2) is 0 Å². The molecule has 0 saturated carbocycles. The molecule has 2 amide bonds. The lowest BCUT2D eigenvalue weighted by atomic mass is 10.2. The predicted octanol–water partition coefficient (Wildman–Crippen LogP) is 0.141. The van der Waals surface area contributed by atoms with Gasteiger partial charge in [-0.1, -0.05) is 0 Å². The van der Waals surface area contributed by atoms with Crippen molar-refractivity contribution in [1.29, 1.82) is 0 Å². The van der Waals surface area contributed by atoms with Crippen molar-refractivity contribution in [3.8, 4) is 0 Å². The maximum Gasteiger partial charge on any atom is 0.332 e. The number of carbonyl (C=O) groups is 2. The van der Waals surface area contributed by atoms with Gasteiger partial charge in [-0.25, -0.2) is 10.2 Å². The smallest absolute Gasteiger partial charge is 0.332 e. The van der Waals surface area contributed by atoms with Gasteiger partial charge < -0.3 is 10.8 Å². The molecule has 0 bridgehead atoms. The maximum absolute atomic E-state index is 10.1. The molecule has 0 saturated heterocycles. The van der Waals surface area contributed by atoms with Gasteiger partial charge in [0.1, 0.15) is 0 Å². The molecule has 12 heavy (non-hydrogen) atoms. The van der Waals surface area contributed by atoms with Crippen LogP contribution in [0.25, 0.3) is 0 Å². The second kappa shape index (κ2) is 5.11. The Morgan fingerprint density at radius 2 is 2.17 bits per heavy atom. The summed E-state index contributed by atoms with van der Waals surface area (Å²) in [6.07, 6.45) is 0.297.